The molecule has 5 aromatic rings. The lowest BCUT2D eigenvalue weighted by Gasteiger charge is -2.10. The van der Waals surface area contributed by atoms with Crippen molar-refractivity contribution < 1.29 is 47.6 Å². The molecule has 10 nitrogen and oxygen atoms in total. The first-order valence-electron chi connectivity index (χ1n) is 20.1. The Morgan fingerprint density at radius 3 is 1.12 bits per heavy atom. The largest absolute Gasteiger partial charge is 0.494 e. The van der Waals surface area contributed by atoms with E-state index in [1.54, 1.807) is 48.5 Å². The quantitative estimate of drug-likeness (QED) is 0.0377. The van der Waals surface area contributed by atoms with Gasteiger partial charge in [-0.3, -0.25) is 0 Å². The summed E-state index contributed by atoms with van der Waals surface area (Å²) < 4.78 is 34.0. The van der Waals surface area contributed by atoms with Gasteiger partial charge < -0.3 is 28.4 Å². The van der Waals surface area contributed by atoms with Crippen molar-refractivity contribution in [2.75, 3.05) is 13.2 Å². The summed E-state index contributed by atoms with van der Waals surface area (Å²) in [6.45, 7) is 5.65. The molecule has 0 spiro atoms. The summed E-state index contributed by atoms with van der Waals surface area (Å²) in [5, 5.41) is 0. The molecule has 0 heterocycles. The van der Waals surface area contributed by atoms with Crippen molar-refractivity contribution in [3.8, 4) is 34.5 Å². The van der Waals surface area contributed by atoms with Gasteiger partial charge in [0.2, 0.25) is 0 Å². The number of hydrogen-bond acceptors (Lipinski definition) is 10. The predicted molar refractivity (Wildman–Crippen MR) is 228 cm³/mol. The summed E-state index contributed by atoms with van der Waals surface area (Å²) in [4.78, 5) is 51.7. The highest BCUT2D eigenvalue weighted by molar-refractivity contribution is 9.10. The molecule has 0 atom stereocenters. The summed E-state index contributed by atoms with van der Waals surface area (Å²) in [5.74, 6) is -0.111. The molecule has 0 saturated carbocycles. The molecule has 11 heteroatoms. The van der Waals surface area contributed by atoms with Gasteiger partial charge in [-0.1, -0.05) is 65.2 Å². The molecule has 0 saturated heterocycles. The van der Waals surface area contributed by atoms with Crippen LogP contribution >= 0.6 is 15.9 Å². The third-order valence-electron chi connectivity index (χ3n) is 9.12. The third kappa shape index (κ3) is 14.4. The second-order valence-electron chi connectivity index (χ2n) is 13.8. The van der Waals surface area contributed by atoms with Gasteiger partial charge in [0.1, 0.15) is 34.5 Å². The van der Waals surface area contributed by atoms with E-state index in [1.807, 2.05) is 0 Å². The first-order chi connectivity index (χ1) is 28.7. The Labute approximate surface area is 353 Å². The van der Waals surface area contributed by atoms with Gasteiger partial charge in [0, 0.05) is 4.47 Å². The van der Waals surface area contributed by atoms with E-state index >= 15 is 0 Å². The fourth-order valence-electron chi connectivity index (χ4n) is 5.79. The Morgan fingerprint density at radius 1 is 0.390 bits per heavy atom. The van der Waals surface area contributed by atoms with E-state index in [2.05, 4.69) is 29.8 Å². The van der Waals surface area contributed by atoms with Crippen LogP contribution in [0.3, 0.4) is 0 Å². The molecule has 0 fully saturated rings. The highest BCUT2D eigenvalue weighted by Gasteiger charge is 2.19. The Hall–Kier alpha value is -5.94. The molecular formula is C48H49BrO10. The SMILES string of the molecule is CCCCCCCOc1ccc(OC(=O)c2ccc(OC(=O)c3ccc(Br)c(C(=O)Oc4ccc(C(=O)Oc5ccc(OCCCCCCC)cc5)cc4)c3)cc2)cc1. The first kappa shape index (κ1) is 44.2. The second kappa shape index (κ2) is 23.5. The van der Waals surface area contributed by atoms with Gasteiger partial charge in [-0.2, -0.15) is 0 Å². The molecule has 0 aliphatic heterocycles. The maximum Gasteiger partial charge on any atom is 0.344 e. The summed E-state index contributed by atoms with van der Waals surface area (Å²) >= 11 is 3.35. The van der Waals surface area contributed by atoms with Crippen LogP contribution in [0.1, 0.15) is 119 Å². The third-order valence-corrected chi connectivity index (χ3v) is 9.82. The van der Waals surface area contributed by atoms with Gasteiger partial charge >= 0.3 is 23.9 Å². The zero-order valence-corrected chi connectivity index (χ0v) is 35.0. The Morgan fingerprint density at radius 2 is 0.712 bits per heavy atom. The van der Waals surface area contributed by atoms with E-state index in [-0.39, 0.29) is 33.8 Å². The summed E-state index contributed by atoms with van der Waals surface area (Å²) in [7, 11) is 0. The van der Waals surface area contributed by atoms with Gasteiger partial charge in [0.15, 0.2) is 0 Å². The second-order valence-corrected chi connectivity index (χ2v) is 14.6. The van der Waals surface area contributed by atoms with Crippen molar-refractivity contribution in [2.24, 2.45) is 0 Å². The van der Waals surface area contributed by atoms with Crippen LogP contribution in [0.4, 0.5) is 0 Å². The molecule has 0 aliphatic rings. The van der Waals surface area contributed by atoms with Crippen molar-refractivity contribution in [1.29, 1.82) is 0 Å². The maximum absolute atomic E-state index is 13.2. The molecule has 59 heavy (non-hydrogen) atoms. The molecule has 0 unspecified atom stereocenters. The van der Waals surface area contributed by atoms with E-state index in [4.69, 9.17) is 28.4 Å². The average Bonchev–Trinajstić information content (AvgIpc) is 3.25. The molecular weight excluding hydrogens is 816 g/mol. The number of unbranched alkanes of at least 4 members (excludes halogenated alkanes) is 8. The first-order valence-corrected chi connectivity index (χ1v) is 20.9. The van der Waals surface area contributed by atoms with Crippen molar-refractivity contribution in [1.82, 2.24) is 0 Å². The summed E-state index contributed by atoms with van der Waals surface area (Å²) in [5.41, 5.74) is 0.682. The highest BCUT2D eigenvalue weighted by atomic mass is 79.9. The topological polar surface area (TPSA) is 124 Å². The minimum Gasteiger partial charge on any atom is -0.494 e. The van der Waals surface area contributed by atoms with Gasteiger partial charge in [0.05, 0.1) is 35.5 Å². The molecule has 0 radical (unpaired) electrons. The number of halogens is 1. The fourth-order valence-corrected chi connectivity index (χ4v) is 6.19. The molecule has 308 valence electrons. The van der Waals surface area contributed by atoms with Crippen LogP contribution in [0.5, 0.6) is 34.5 Å². The standard InChI is InChI=1S/C48H49BrO10/c1-3-5-7-9-11-31-54-37-22-26-41(27-23-37)56-45(50)34-13-18-39(19-14-34)58-47(52)36-17-30-44(49)43(33-36)48(53)59-40-20-15-35(16-21-40)46(51)57-42-28-24-38(25-29-42)55-32-12-10-8-6-4-2/h13-30,33H,3-12,31-32H2,1-2H3. The Bertz CT molecular complexity index is 2110. The monoisotopic (exact) mass is 864 g/mol. The number of benzene rings is 5. The normalized spacial score (nSPS) is 10.7. The molecule has 5 aromatic carbocycles. The van der Waals surface area contributed by atoms with Gasteiger partial charge in [-0.05, 0) is 144 Å². The van der Waals surface area contributed by atoms with E-state index in [0.29, 0.717) is 40.7 Å². The number of carbonyl (C=O) groups is 4. The van der Waals surface area contributed by atoms with Crippen LogP contribution in [0.2, 0.25) is 0 Å². The summed E-state index contributed by atoms with van der Waals surface area (Å²) in [6, 6.07) is 29.9. The Balaban J connectivity index is 1.08. The lowest BCUT2D eigenvalue weighted by molar-refractivity contribution is 0.0722. The zero-order chi connectivity index (χ0) is 41.8. The van der Waals surface area contributed by atoms with Crippen LogP contribution in [0.15, 0.2) is 120 Å². The maximum atomic E-state index is 13.2. The van der Waals surface area contributed by atoms with E-state index in [1.165, 1.54) is 105 Å². The van der Waals surface area contributed by atoms with Crippen LogP contribution in [-0.2, 0) is 0 Å². The number of carbonyl (C=O) groups excluding carboxylic acids is 4. The Kier molecular flexibility index (Phi) is 17.6. The van der Waals surface area contributed by atoms with Crippen LogP contribution < -0.4 is 28.4 Å². The summed E-state index contributed by atoms with van der Waals surface area (Å²) in [6.07, 6.45) is 11.5. The fraction of sp³-hybridized carbons (Fsp3) is 0.292. The average molecular weight is 866 g/mol. The van der Waals surface area contributed by atoms with Crippen LogP contribution in [0.25, 0.3) is 0 Å². The number of esters is 4. The lowest BCUT2D eigenvalue weighted by Crippen LogP contribution is -2.14. The number of ether oxygens (including phenoxy) is 6. The van der Waals surface area contributed by atoms with E-state index in [0.717, 1.165) is 25.7 Å². The zero-order valence-electron chi connectivity index (χ0n) is 33.4. The number of rotatable bonds is 22. The lowest BCUT2D eigenvalue weighted by atomic mass is 10.1. The molecule has 0 N–H and O–H groups in total. The smallest absolute Gasteiger partial charge is 0.344 e. The minimum absolute atomic E-state index is 0.0759. The van der Waals surface area contributed by atoms with Crippen molar-refractivity contribution >= 4 is 39.8 Å². The van der Waals surface area contributed by atoms with E-state index < -0.39 is 23.9 Å². The van der Waals surface area contributed by atoms with Crippen LogP contribution in [-0.4, -0.2) is 37.1 Å². The van der Waals surface area contributed by atoms with E-state index in [9.17, 15) is 19.2 Å². The highest BCUT2D eigenvalue weighted by Crippen LogP contribution is 2.25. The van der Waals surface area contributed by atoms with Gasteiger partial charge in [-0.15, -0.1) is 0 Å². The molecule has 0 amide bonds. The van der Waals surface area contributed by atoms with Gasteiger partial charge in [-0.25, -0.2) is 19.2 Å². The van der Waals surface area contributed by atoms with Crippen LogP contribution in [0, 0.1) is 0 Å². The molecule has 0 aromatic heterocycles. The number of hydrogen-bond donors (Lipinski definition) is 0. The van der Waals surface area contributed by atoms with Gasteiger partial charge in [0.25, 0.3) is 0 Å². The molecule has 0 aliphatic carbocycles. The predicted octanol–water partition coefficient (Wildman–Crippen LogP) is 12.0. The van der Waals surface area contributed by atoms with Crippen molar-refractivity contribution in [2.45, 2.75) is 78.1 Å². The molecule has 5 rings (SSSR count). The van der Waals surface area contributed by atoms with Crippen molar-refractivity contribution in [3.05, 3.63) is 142 Å². The minimum atomic E-state index is -0.743. The molecule has 0 bridgehead atoms. The van der Waals surface area contributed by atoms with Crippen molar-refractivity contribution in [3.63, 3.8) is 0 Å².